The van der Waals surface area contributed by atoms with Gasteiger partial charge in [0.2, 0.25) is 11.5 Å². The van der Waals surface area contributed by atoms with Gasteiger partial charge in [0.1, 0.15) is 19.2 Å². The topological polar surface area (TPSA) is 121 Å². The Balaban J connectivity index is 2.08. The minimum Gasteiger partial charge on any atom is -0.484 e. The lowest BCUT2D eigenvalue weighted by Crippen LogP contribution is -2.38. The van der Waals surface area contributed by atoms with E-state index in [1.807, 2.05) is 0 Å². The highest BCUT2D eigenvalue weighted by atomic mass is 79.9. The smallest absolute Gasteiger partial charge is 0.437 e. The van der Waals surface area contributed by atoms with Gasteiger partial charge in [-0.25, -0.2) is 9.37 Å². The molecule has 0 saturated carbocycles. The standard InChI is InChI=1S/C20H13BrClF4N4O5/c21-11-3-10(6-27)16(23)14(4-11)35-17-18(20(24,25)26)28-9-29(19(17)32)7-12-5-13(22)15(8-30(12)33)34-2-1-31/h3-5,8-9,31,33H,1-2,7H2/q+1. The predicted octanol–water partition coefficient (Wildman–Crippen LogP) is 3.43. The van der Waals surface area contributed by atoms with Crippen LogP contribution < -0.4 is 19.8 Å². The number of halogens is 6. The molecule has 0 fully saturated rings. The lowest BCUT2D eigenvalue weighted by Gasteiger charge is -2.15. The molecule has 15 heteroatoms. The van der Waals surface area contributed by atoms with E-state index < -0.39 is 46.9 Å². The van der Waals surface area contributed by atoms with Crippen LogP contribution in [0, 0.1) is 17.1 Å². The average Bonchev–Trinajstić information content (AvgIpc) is 2.78. The Labute approximate surface area is 207 Å². The SMILES string of the molecule is N#Cc1cc(Br)cc(Oc2c(C(F)(F)F)ncn(Cc3cc(Cl)c(OCCO)c[n+]3O)c2=O)c1F. The van der Waals surface area contributed by atoms with Gasteiger partial charge in [-0.05, 0) is 12.1 Å². The Morgan fingerprint density at radius 3 is 2.63 bits per heavy atom. The predicted molar refractivity (Wildman–Crippen MR) is 113 cm³/mol. The summed E-state index contributed by atoms with van der Waals surface area (Å²) >= 11 is 9.03. The lowest BCUT2D eigenvalue weighted by atomic mass is 10.2. The van der Waals surface area contributed by atoms with Gasteiger partial charge in [0, 0.05) is 15.3 Å². The maximum Gasteiger partial charge on any atom is 0.437 e. The van der Waals surface area contributed by atoms with Crippen LogP contribution in [-0.2, 0) is 12.7 Å². The summed E-state index contributed by atoms with van der Waals surface area (Å²) in [4.78, 5) is 16.2. The van der Waals surface area contributed by atoms with E-state index in [1.165, 1.54) is 12.1 Å². The molecule has 3 aromatic rings. The summed E-state index contributed by atoms with van der Waals surface area (Å²) in [5.74, 6) is -3.45. The molecule has 0 aliphatic heterocycles. The number of alkyl halides is 3. The summed E-state index contributed by atoms with van der Waals surface area (Å²) in [5.41, 5.74) is -3.69. The van der Waals surface area contributed by atoms with Crippen LogP contribution >= 0.6 is 27.5 Å². The minimum absolute atomic E-state index is 0.00712. The Morgan fingerprint density at radius 2 is 2.00 bits per heavy atom. The van der Waals surface area contributed by atoms with Crippen LogP contribution in [0.2, 0.25) is 5.02 Å². The summed E-state index contributed by atoms with van der Waals surface area (Å²) in [6.45, 7) is -0.976. The summed E-state index contributed by atoms with van der Waals surface area (Å²) < 4.78 is 66.5. The third-order valence-corrected chi connectivity index (χ3v) is 5.10. The van der Waals surface area contributed by atoms with E-state index in [2.05, 4.69) is 20.9 Å². The number of ether oxygens (including phenoxy) is 2. The van der Waals surface area contributed by atoms with Gasteiger partial charge in [0.25, 0.3) is 17.5 Å². The molecule has 2 aromatic heterocycles. The quantitative estimate of drug-likeness (QED) is 0.250. The molecule has 0 unspecified atom stereocenters. The highest BCUT2D eigenvalue weighted by Gasteiger charge is 2.39. The monoisotopic (exact) mass is 579 g/mol. The maximum absolute atomic E-state index is 14.5. The molecule has 0 bridgehead atoms. The van der Waals surface area contributed by atoms with Crippen LogP contribution in [0.15, 0.2) is 40.0 Å². The molecule has 0 spiro atoms. The molecule has 35 heavy (non-hydrogen) atoms. The zero-order chi connectivity index (χ0) is 25.9. The zero-order valence-electron chi connectivity index (χ0n) is 17.2. The van der Waals surface area contributed by atoms with Crippen LogP contribution in [0.1, 0.15) is 17.0 Å². The number of aromatic nitrogens is 3. The van der Waals surface area contributed by atoms with Crippen molar-refractivity contribution in [2.45, 2.75) is 12.7 Å². The van der Waals surface area contributed by atoms with E-state index >= 15 is 0 Å². The van der Waals surface area contributed by atoms with Crippen molar-refractivity contribution >= 4 is 27.5 Å². The fourth-order valence-corrected chi connectivity index (χ4v) is 3.47. The first-order valence-corrected chi connectivity index (χ1v) is 10.5. The molecule has 0 aliphatic rings. The summed E-state index contributed by atoms with van der Waals surface area (Å²) in [6.07, 6.45) is -3.55. The molecule has 9 nitrogen and oxygen atoms in total. The van der Waals surface area contributed by atoms with E-state index in [4.69, 9.17) is 31.4 Å². The van der Waals surface area contributed by atoms with Crippen molar-refractivity contribution in [3.8, 4) is 23.3 Å². The number of nitrogens with zero attached hydrogens (tertiary/aromatic N) is 4. The molecule has 3 rings (SSSR count). The second-order valence-corrected chi connectivity index (χ2v) is 8.05. The van der Waals surface area contributed by atoms with Crippen molar-refractivity contribution < 1.29 is 42.1 Å². The molecule has 2 heterocycles. The fraction of sp³-hybridized carbons (Fsp3) is 0.200. The summed E-state index contributed by atoms with van der Waals surface area (Å²) in [5, 5.41) is 28.0. The third-order valence-electron chi connectivity index (χ3n) is 4.35. The van der Waals surface area contributed by atoms with Crippen molar-refractivity contribution in [2.75, 3.05) is 13.2 Å². The van der Waals surface area contributed by atoms with Crippen molar-refractivity contribution in [2.24, 2.45) is 0 Å². The Hall–Kier alpha value is -3.41. The van der Waals surface area contributed by atoms with Gasteiger partial charge in [0.05, 0.1) is 23.5 Å². The van der Waals surface area contributed by atoms with Gasteiger partial charge in [-0.3, -0.25) is 14.6 Å². The van der Waals surface area contributed by atoms with Crippen molar-refractivity contribution in [1.29, 1.82) is 5.26 Å². The molecule has 0 amide bonds. The molecule has 0 saturated heterocycles. The van der Waals surface area contributed by atoms with Gasteiger partial charge in [0.15, 0.2) is 17.3 Å². The number of pyridine rings is 1. The first-order chi connectivity index (χ1) is 16.5. The molecule has 1 aromatic carbocycles. The van der Waals surface area contributed by atoms with Crippen molar-refractivity contribution in [3.63, 3.8) is 0 Å². The zero-order valence-corrected chi connectivity index (χ0v) is 19.5. The molecule has 0 atom stereocenters. The van der Waals surface area contributed by atoms with Gasteiger partial charge in [-0.2, -0.15) is 18.4 Å². The second-order valence-electron chi connectivity index (χ2n) is 6.73. The molecular weight excluding hydrogens is 568 g/mol. The van der Waals surface area contributed by atoms with E-state index in [-0.39, 0.29) is 34.2 Å². The number of benzene rings is 1. The number of hydrogen-bond acceptors (Lipinski definition) is 7. The van der Waals surface area contributed by atoms with Gasteiger partial charge in [-0.1, -0.05) is 27.5 Å². The highest BCUT2D eigenvalue weighted by molar-refractivity contribution is 9.10. The largest absolute Gasteiger partial charge is 0.484 e. The van der Waals surface area contributed by atoms with E-state index in [0.717, 1.165) is 18.3 Å². The Bertz CT molecular complexity index is 1380. The number of nitriles is 1. The number of rotatable bonds is 7. The van der Waals surface area contributed by atoms with Crippen LogP contribution in [0.3, 0.4) is 0 Å². The fourth-order valence-electron chi connectivity index (χ4n) is 2.80. The van der Waals surface area contributed by atoms with Crippen molar-refractivity contribution in [1.82, 2.24) is 9.55 Å². The number of hydrogen-bond donors (Lipinski definition) is 2. The van der Waals surface area contributed by atoms with Crippen LogP contribution in [-0.4, -0.2) is 33.1 Å². The Morgan fingerprint density at radius 1 is 1.29 bits per heavy atom. The van der Waals surface area contributed by atoms with Crippen molar-refractivity contribution in [3.05, 3.63) is 73.3 Å². The number of aliphatic hydroxyl groups excluding tert-OH is 1. The third kappa shape index (κ3) is 5.81. The molecule has 0 radical (unpaired) electrons. The molecule has 184 valence electrons. The first kappa shape index (κ1) is 26.2. The average molecular weight is 581 g/mol. The highest BCUT2D eigenvalue weighted by Crippen LogP contribution is 2.36. The first-order valence-electron chi connectivity index (χ1n) is 9.36. The molecular formula is C20H13BrClF4N4O5+. The van der Waals surface area contributed by atoms with Crippen LogP contribution in [0.25, 0.3) is 0 Å². The Kier molecular flexibility index (Phi) is 7.83. The number of aliphatic hydroxyl groups is 1. The second kappa shape index (κ2) is 10.5. The maximum atomic E-state index is 14.5. The minimum atomic E-state index is -5.14. The van der Waals surface area contributed by atoms with Crippen LogP contribution in [0.4, 0.5) is 17.6 Å². The summed E-state index contributed by atoms with van der Waals surface area (Å²) in [7, 11) is 0. The van der Waals surface area contributed by atoms with E-state index in [9.17, 15) is 27.6 Å². The van der Waals surface area contributed by atoms with Gasteiger partial charge < -0.3 is 14.6 Å². The van der Waals surface area contributed by atoms with E-state index in [1.54, 1.807) is 0 Å². The molecule has 0 aliphatic carbocycles. The van der Waals surface area contributed by atoms with E-state index in [0.29, 0.717) is 15.6 Å². The summed E-state index contributed by atoms with van der Waals surface area (Å²) in [6, 6.07) is 4.71. The molecule has 2 N–H and O–H groups in total. The van der Waals surface area contributed by atoms with Gasteiger partial charge >= 0.3 is 6.18 Å². The lowest BCUT2D eigenvalue weighted by molar-refractivity contribution is -0.909. The van der Waals surface area contributed by atoms with Crippen LogP contribution in [0.5, 0.6) is 17.2 Å². The normalized spacial score (nSPS) is 11.3. The van der Waals surface area contributed by atoms with Gasteiger partial charge in [-0.15, -0.1) is 0 Å².